The maximum atomic E-state index is 12.2. The normalized spacial score (nSPS) is 14.2. The lowest BCUT2D eigenvalue weighted by molar-refractivity contribution is -0.115. The first-order chi connectivity index (χ1) is 12.4. The lowest BCUT2D eigenvalue weighted by Gasteiger charge is -2.09. The smallest absolute Gasteiger partial charge is 0.240 e. The summed E-state index contributed by atoms with van der Waals surface area (Å²) in [4.78, 5) is 13.4. The van der Waals surface area contributed by atoms with Crippen molar-refractivity contribution in [1.82, 2.24) is 4.72 Å². The van der Waals surface area contributed by atoms with E-state index in [9.17, 15) is 13.2 Å². The molecule has 2 aromatic rings. The highest BCUT2D eigenvalue weighted by atomic mass is 79.9. The Kier molecular flexibility index (Phi) is 6.39. The number of hydrogen-bond acceptors (Lipinski definition) is 4. The maximum absolute atomic E-state index is 12.2. The molecule has 0 saturated heterocycles. The third-order valence-corrected chi connectivity index (χ3v) is 7.30. The van der Waals surface area contributed by atoms with Crippen molar-refractivity contribution in [2.24, 2.45) is 0 Å². The second-order valence-corrected chi connectivity index (χ2v) is 9.71. The number of benzene rings is 2. The number of halogens is 1. The molecule has 0 heterocycles. The van der Waals surface area contributed by atoms with Crippen LogP contribution in [-0.4, -0.2) is 26.1 Å². The molecule has 0 atom stereocenters. The number of carbonyl (C=O) groups excluding carboxylic acids is 1. The molecule has 1 aliphatic carbocycles. The Labute approximate surface area is 166 Å². The van der Waals surface area contributed by atoms with E-state index in [1.54, 1.807) is 23.9 Å². The highest BCUT2D eigenvalue weighted by molar-refractivity contribution is 9.10. The molecule has 0 bridgehead atoms. The molecule has 3 rings (SSSR count). The molecule has 5 nitrogen and oxygen atoms in total. The molecule has 0 spiro atoms. The van der Waals surface area contributed by atoms with Crippen molar-refractivity contribution in [3.05, 3.63) is 53.0 Å². The van der Waals surface area contributed by atoms with Crippen LogP contribution in [0.5, 0.6) is 0 Å². The van der Waals surface area contributed by atoms with Crippen LogP contribution >= 0.6 is 27.7 Å². The van der Waals surface area contributed by atoms with Gasteiger partial charge in [-0.2, -0.15) is 0 Å². The van der Waals surface area contributed by atoms with Gasteiger partial charge >= 0.3 is 0 Å². The Morgan fingerprint density at radius 2 is 1.92 bits per heavy atom. The Hall–Kier alpha value is -1.35. The fourth-order valence-electron chi connectivity index (χ4n) is 2.27. The zero-order chi connectivity index (χ0) is 18.6. The van der Waals surface area contributed by atoms with Crippen molar-refractivity contribution >= 4 is 49.3 Å². The Morgan fingerprint density at radius 3 is 2.65 bits per heavy atom. The zero-order valence-electron chi connectivity index (χ0n) is 13.9. The lowest BCUT2D eigenvalue weighted by Crippen LogP contribution is -2.25. The first-order valence-electron chi connectivity index (χ1n) is 8.23. The number of nitrogens with one attached hydrogen (secondary N) is 2. The summed E-state index contributed by atoms with van der Waals surface area (Å²) in [6.45, 7) is 0. The predicted molar refractivity (Wildman–Crippen MR) is 108 cm³/mol. The van der Waals surface area contributed by atoms with Gasteiger partial charge in [-0.25, -0.2) is 13.1 Å². The van der Waals surface area contributed by atoms with Gasteiger partial charge in [0.15, 0.2) is 0 Å². The molecule has 1 fully saturated rings. The quantitative estimate of drug-likeness (QED) is 0.590. The highest BCUT2D eigenvalue weighted by Gasteiger charge is 2.28. The van der Waals surface area contributed by atoms with Gasteiger partial charge in [0.2, 0.25) is 15.9 Å². The van der Waals surface area contributed by atoms with Gasteiger partial charge in [0.25, 0.3) is 0 Å². The van der Waals surface area contributed by atoms with Gasteiger partial charge in [0.1, 0.15) is 0 Å². The molecule has 1 amide bonds. The second-order valence-electron chi connectivity index (χ2n) is 6.00. The van der Waals surface area contributed by atoms with E-state index in [-0.39, 0.29) is 16.8 Å². The van der Waals surface area contributed by atoms with Crippen LogP contribution in [0.1, 0.15) is 19.3 Å². The van der Waals surface area contributed by atoms with Crippen LogP contribution < -0.4 is 10.0 Å². The highest BCUT2D eigenvalue weighted by Crippen LogP contribution is 2.27. The van der Waals surface area contributed by atoms with Gasteiger partial charge in [0.05, 0.1) is 4.90 Å². The van der Waals surface area contributed by atoms with E-state index in [1.165, 1.54) is 12.1 Å². The number of hydrogen-bond donors (Lipinski definition) is 2. The SMILES string of the molecule is O=C(CCSc1ccccc1Br)Nc1cccc(S(=O)(=O)NC2CC2)c1. The summed E-state index contributed by atoms with van der Waals surface area (Å²) in [5.41, 5.74) is 0.486. The summed E-state index contributed by atoms with van der Waals surface area (Å²) >= 11 is 5.07. The van der Waals surface area contributed by atoms with Crippen LogP contribution in [0, 0.1) is 0 Å². The minimum absolute atomic E-state index is 0.0487. The van der Waals surface area contributed by atoms with Gasteiger partial charge in [-0.1, -0.05) is 18.2 Å². The Morgan fingerprint density at radius 1 is 1.15 bits per heavy atom. The van der Waals surface area contributed by atoms with Crippen LogP contribution in [0.4, 0.5) is 5.69 Å². The molecular weight excluding hydrogens is 436 g/mol. The molecule has 0 aromatic heterocycles. The summed E-state index contributed by atoms with van der Waals surface area (Å²) in [6, 6.07) is 14.2. The third kappa shape index (κ3) is 5.57. The fraction of sp³-hybridized carbons (Fsp3) is 0.278. The molecule has 2 aromatic carbocycles. The van der Waals surface area contributed by atoms with Gasteiger partial charge in [-0.3, -0.25) is 4.79 Å². The summed E-state index contributed by atoms with van der Waals surface area (Å²) in [6.07, 6.45) is 2.10. The molecule has 1 aliphatic rings. The van der Waals surface area contributed by atoms with Crippen molar-refractivity contribution in [1.29, 1.82) is 0 Å². The summed E-state index contributed by atoms with van der Waals surface area (Å²) in [7, 11) is -3.52. The van der Waals surface area contributed by atoms with Crippen molar-refractivity contribution in [2.45, 2.75) is 35.1 Å². The number of carbonyl (C=O) groups is 1. The average molecular weight is 455 g/mol. The summed E-state index contributed by atoms with van der Waals surface area (Å²) < 4.78 is 28.1. The minimum atomic E-state index is -3.52. The van der Waals surface area contributed by atoms with Crippen molar-refractivity contribution in [3.63, 3.8) is 0 Å². The number of anilines is 1. The van der Waals surface area contributed by atoms with Crippen LogP contribution in [-0.2, 0) is 14.8 Å². The van der Waals surface area contributed by atoms with Crippen molar-refractivity contribution < 1.29 is 13.2 Å². The zero-order valence-corrected chi connectivity index (χ0v) is 17.2. The van der Waals surface area contributed by atoms with Crippen molar-refractivity contribution in [3.8, 4) is 0 Å². The molecule has 8 heteroatoms. The Bertz CT molecular complexity index is 899. The maximum Gasteiger partial charge on any atom is 0.240 e. The van der Waals surface area contributed by atoms with Crippen molar-refractivity contribution in [2.75, 3.05) is 11.1 Å². The van der Waals surface area contributed by atoms with Crippen LogP contribution in [0.3, 0.4) is 0 Å². The van der Waals surface area contributed by atoms with Gasteiger partial charge < -0.3 is 5.32 Å². The first-order valence-corrected chi connectivity index (χ1v) is 11.5. The van der Waals surface area contributed by atoms with Crippen LogP contribution in [0.25, 0.3) is 0 Å². The first kappa shape index (κ1) is 19.4. The van der Waals surface area contributed by atoms with Crippen LogP contribution in [0.15, 0.2) is 62.8 Å². The topological polar surface area (TPSA) is 75.3 Å². The van der Waals surface area contributed by atoms with Crippen LogP contribution in [0.2, 0.25) is 0 Å². The summed E-state index contributed by atoms with van der Waals surface area (Å²) in [5.74, 6) is 0.490. The number of rotatable bonds is 8. The molecule has 0 radical (unpaired) electrons. The molecule has 1 saturated carbocycles. The van der Waals surface area contributed by atoms with E-state index in [1.807, 2.05) is 24.3 Å². The standard InChI is InChI=1S/C18H19BrN2O3S2/c19-16-6-1-2-7-17(16)25-11-10-18(22)20-14-4-3-5-15(12-14)26(23,24)21-13-8-9-13/h1-7,12-13,21H,8-11H2,(H,20,22). The molecular formula is C18H19BrN2O3S2. The molecule has 2 N–H and O–H groups in total. The van der Waals surface area contributed by atoms with E-state index in [0.717, 1.165) is 22.2 Å². The molecule has 26 heavy (non-hydrogen) atoms. The third-order valence-electron chi connectivity index (χ3n) is 3.75. The number of amides is 1. The lowest BCUT2D eigenvalue weighted by atomic mass is 10.3. The van der Waals surface area contributed by atoms with E-state index in [0.29, 0.717) is 17.9 Å². The van der Waals surface area contributed by atoms with E-state index >= 15 is 0 Å². The van der Waals surface area contributed by atoms with Gasteiger partial charge in [0, 0.05) is 33.3 Å². The second kappa shape index (κ2) is 8.56. The predicted octanol–water partition coefficient (Wildman–Crippen LogP) is 4.01. The van der Waals surface area contributed by atoms with E-state index in [2.05, 4.69) is 26.0 Å². The fourth-order valence-corrected chi connectivity index (χ4v) is 5.14. The van der Waals surface area contributed by atoms with Gasteiger partial charge in [-0.15, -0.1) is 11.8 Å². The van der Waals surface area contributed by atoms with Gasteiger partial charge in [-0.05, 0) is 59.1 Å². The molecule has 138 valence electrons. The average Bonchev–Trinajstić information content (AvgIpc) is 3.40. The number of sulfonamides is 1. The number of thioether (sulfide) groups is 1. The van der Waals surface area contributed by atoms with E-state index < -0.39 is 10.0 Å². The van der Waals surface area contributed by atoms with E-state index in [4.69, 9.17) is 0 Å². The molecule has 0 unspecified atom stereocenters. The Balaban J connectivity index is 1.54. The minimum Gasteiger partial charge on any atom is -0.326 e. The monoisotopic (exact) mass is 454 g/mol. The largest absolute Gasteiger partial charge is 0.326 e. The molecule has 0 aliphatic heterocycles. The summed E-state index contributed by atoms with van der Waals surface area (Å²) in [5, 5.41) is 2.77.